The third-order valence-electron chi connectivity index (χ3n) is 5.99. The van der Waals surface area contributed by atoms with E-state index in [0.717, 1.165) is 32.1 Å². The van der Waals surface area contributed by atoms with Gasteiger partial charge in [-0.25, -0.2) is 0 Å². The lowest BCUT2D eigenvalue weighted by molar-refractivity contribution is -0.146. The standard InChI is InChI=1S/C16H26O3/c1-11(10-19-12(2)17)13-7-9-16(4)14(18)6-5-8-15(13,16)3/h11,13H,5-10H2,1-4H3/t11-,13-,15-,16+/m1/s1. The van der Waals surface area contributed by atoms with Crippen LogP contribution in [-0.2, 0) is 14.3 Å². The van der Waals surface area contributed by atoms with Crippen LogP contribution < -0.4 is 0 Å². The molecule has 2 rings (SSSR count). The van der Waals surface area contributed by atoms with Crippen LogP contribution in [0.5, 0.6) is 0 Å². The summed E-state index contributed by atoms with van der Waals surface area (Å²) in [5, 5.41) is 0. The van der Waals surface area contributed by atoms with Crippen molar-refractivity contribution in [3.05, 3.63) is 0 Å². The van der Waals surface area contributed by atoms with Gasteiger partial charge in [0.25, 0.3) is 0 Å². The molecule has 2 fully saturated rings. The maximum Gasteiger partial charge on any atom is 0.302 e. The Morgan fingerprint density at radius 2 is 2.11 bits per heavy atom. The molecule has 4 atom stereocenters. The normalized spacial score (nSPS) is 39.8. The summed E-state index contributed by atoms with van der Waals surface area (Å²) in [5.74, 6) is 1.06. The number of rotatable bonds is 3. The topological polar surface area (TPSA) is 43.4 Å². The highest BCUT2D eigenvalue weighted by molar-refractivity contribution is 5.86. The molecule has 0 aliphatic heterocycles. The van der Waals surface area contributed by atoms with Gasteiger partial charge in [-0.15, -0.1) is 0 Å². The Morgan fingerprint density at radius 1 is 1.42 bits per heavy atom. The molecule has 2 aliphatic rings. The molecule has 2 aliphatic carbocycles. The molecule has 0 saturated heterocycles. The van der Waals surface area contributed by atoms with Crippen molar-refractivity contribution in [2.24, 2.45) is 22.7 Å². The Kier molecular flexibility index (Phi) is 3.76. The van der Waals surface area contributed by atoms with Crippen molar-refractivity contribution in [1.82, 2.24) is 0 Å². The fourth-order valence-corrected chi connectivity index (χ4v) is 4.55. The van der Waals surface area contributed by atoms with Gasteiger partial charge < -0.3 is 4.74 Å². The molecule has 19 heavy (non-hydrogen) atoms. The van der Waals surface area contributed by atoms with Crippen LogP contribution in [-0.4, -0.2) is 18.4 Å². The molecular formula is C16H26O3. The zero-order valence-corrected chi connectivity index (χ0v) is 12.6. The van der Waals surface area contributed by atoms with Gasteiger partial charge in [0.2, 0.25) is 0 Å². The van der Waals surface area contributed by atoms with E-state index >= 15 is 0 Å². The number of fused-ring (bicyclic) bond motifs is 1. The first-order valence-electron chi connectivity index (χ1n) is 7.48. The average molecular weight is 266 g/mol. The zero-order valence-electron chi connectivity index (χ0n) is 12.6. The van der Waals surface area contributed by atoms with Gasteiger partial charge in [0.1, 0.15) is 5.78 Å². The third-order valence-corrected chi connectivity index (χ3v) is 5.99. The minimum Gasteiger partial charge on any atom is -0.466 e. The van der Waals surface area contributed by atoms with Crippen LogP contribution in [0.4, 0.5) is 0 Å². The van der Waals surface area contributed by atoms with Crippen molar-refractivity contribution < 1.29 is 14.3 Å². The number of hydrogen-bond acceptors (Lipinski definition) is 3. The number of carbonyl (C=O) groups is 2. The van der Waals surface area contributed by atoms with Gasteiger partial charge in [-0.05, 0) is 42.9 Å². The minimum absolute atomic E-state index is 0.0852. The summed E-state index contributed by atoms with van der Waals surface area (Å²) in [6, 6.07) is 0. The molecule has 0 bridgehead atoms. The quantitative estimate of drug-likeness (QED) is 0.736. The Bertz CT molecular complexity index is 389. The molecule has 0 spiro atoms. The monoisotopic (exact) mass is 266 g/mol. The number of ketones is 1. The molecule has 0 amide bonds. The minimum atomic E-state index is -0.211. The van der Waals surface area contributed by atoms with Crippen LogP contribution in [0, 0.1) is 22.7 Å². The van der Waals surface area contributed by atoms with Crippen LogP contribution in [0.1, 0.15) is 59.8 Å². The first-order chi connectivity index (χ1) is 8.81. The van der Waals surface area contributed by atoms with E-state index in [1.165, 1.54) is 6.92 Å². The summed E-state index contributed by atoms with van der Waals surface area (Å²) in [5.41, 5.74) is -0.0672. The molecule has 0 aromatic heterocycles. The van der Waals surface area contributed by atoms with Crippen LogP contribution in [0.2, 0.25) is 0 Å². The fraction of sp³-hybridized carbons (Fsp3) is 0.875. The summed E-state index contributed by atoms with van der Waals surface area (Å²) in [4.78, 5) is 23.3. The van der Waals surface area contributed by atoms with E-state index in [9.17, 15) is 9.59 Å². The fourth-order valence-electron chi connectivity index (χ4n) is 4.55. The van der Waals surface area contributed by atoms with E-state index in [4.69, 9.17) is 4.74 Å². The molecular weight excluding hydrogens is 240 g/mol. The van der Waals surface area contributed by atoms with Crippen molar-refractivity contribution in [3.63, 3.8) is 0 Å². The number of Topliss-reactive ketones (excluding diaryl/α,β-unsaturated/α-hetero) is 1. The lowest BCUT2D eigenvalue weighted by Gasteiger charge is -2.48. The van der Waals surface area contributed by atoms with Crippen molar-refractivity contribution >= 4 is 11.8 Å². The van der Waals surface area contributed by atoms with E-state index in [1.54, 1.807) is 0 Å². The van der Waals surface area contributed by atoms with Crippen molar-refractivity contribution in [2.45, 2.75) is 59.8 Å². The zero-order chi connectivity index (χ0) is 14.3. The second-order valence-corrected chi connectivity index (χ2v) is 6.95. The molecule has 3 nitrogen and oxygen atoms in total. The number of hydrogen-bond donors (Lipinski definition) is 0. The maximum atomic E-state index is 12.4. The van der Waals surface area contributed by atoms with Gasteiger partial charge >= 0.3 is 5.97 Å². The average Bonchev–Trinajstić information content (AvgIpc) is 2.61. The number of ether oxygens (including phenoxy) is 1. The predicted molar refractivity (Wildman–Crippen MR) is 73.6 cm³/mol. The van der Waals surface area contributed by atoms with Crippen molar-refractivity contribution in [1.29, 1.82) is 0 Å². The van der Waals surface area contributed by atoms with E-state index < -0.39 is 0 Å². The van der Waals surface area contributed by atoms with Gasteiger partial charge in [0.15, 0.2) is 0 Å². The maximum absolute atomic E-state index is 12.4. The van der Waals surface area contributed by atoms with Gasteiger partial charge in [-0.3, -0.25) is 9.59 Å². The molecule has 3 heteroatoms. The first-order valence-corrected chi connectivity index (χ1v) is 7.48. The second kappa shape index (κ2) is 4.92. The lowest BCUT2D eigenvalue weighted by atomic mass is 9.55. The molecule has 0 unspecified atom stereocenters. The van der Waals surface area contributed by atoms with Crippen LogP contribution in [0.25, 0.3) is 0 Å². The van der Waals surface area contributed by atoms with E-state index in [-0.39, 0.29) is 16.8 Å². The van der Waals surface area contributed by atoms with Gasteiger partial charge in [0, 0.05) is 18.8 Å². The van der Waals surface area contributed by atoms with Gasteiger partial charge in [-0.2, -0.15) is 0 Å². The van der Waals surface area contributed by atoms with E-state index in [2.05, 4.69) is 20.8 Å². The van der Waals surface area contributed by atoms with Gasteiger partial charge in [-0.1, -0.05) is 20.8 Å². The largest absolute Gasteiger partial charge is 0.466 e. The van der Waals surface area contributed by atoms with Crippen LogP contribution in [0.3, 0.4) is 0 Å². The molecule has 0 aromatic carbocycles. The molecule has 108 valence electrons. The van der Waals surface area contributed by atoms with E-state index in [0.29, 0.717) is 24.2 Å². The Balaban J connectivity index is 2.15. The molecule has 0 heterocycles. The summed E-state index contributed by atoms with van der Waals surface area (Å²) in [7, 11) is 0. The van der Waals surface area contributed by atoms with Crippen LogP contribution >= 0.6 is 0 Å². The molecule has 0 aromatic rings. The smallest absolute Gasteiger partial charge is 0.302 e. The Hall–Kier alpha value is -0.860. The van der Waals surface area contributed by atoms with Crippen LogP contribution in [0.15, 0.2) is 0 Å². The SMILES string of the molecule is CC(=O)OC[C@@H](C)[C@H]1CC[C@@]2(C)C(=O)CCC[C@]12C. The van der Waals surface area contributed by atoms with Gasteiger partial charge in [0.05, 0.1) is 6.61 Å². The Labute approximate surface area is 116 Å². The first kappa shape index (κ1) is 14.5. The van der Waals surface area contributed by atoms with E-state index in [1.807, 2.05) is 0 Å². The second-order valence-electron chi connectivity index (χ2n) is 6.95. The summed E-state index contributed by atoms with van der Waals surface area (Å²) in [6.07, 6.45) is 4.97. The molecule has 0 N–H and O–H groups in total. The highest BCUT2D eigenvalue weighted by atomic mass is 16.5. The highest BCUT2D eigenvalue weighted by Crippen LogP contribution is 2.63. The number of esters is 1. The predicted octanol–water partition coefficient (Wildman–Crippen LogP) is 3.36. The van der Waals surface area contributed by atoms with Crippen molar-refractivity contribution in [2.75, 3.05) is 6.61 Å². The summed E-state index contributed by atoms with van der Waals surface area (Å²) < 4.78 is 5.18. The lowest BCUT2D eigenvalue weighted by Crippen LogP contribution is -2.47. The summed E-state index contributed by atoms with van der Waals surface area (Å²) >= 11 is 0. The van der Waals surface area contributed by atoms with Crippen molar-refractivity contribution in [3.8, 4) is 0 Å². The highest BCUT2D eigenvalue weighted by Gasteiger charge is 2.60. The molecule has 2 saturated carbocycles. The Morgan fingerprint density at radius 3 is 2.74 bits per heavy atom. The summed E-state index contributed by atoms with van der Waals surface area (Å²) in [6.45, 7) is 8.54. The number of carbonyl (C=O) groups excluding carboxylic acids is 2. The third kappa shape index (κ3) is 2.21. The molecule has 0 radical (unpaired) electrons.